The van der Waals surface area contributed by atoms with E-state index < -0.39 is 41.1 Å². The molecule has 0 fully saturated rings. The Labute approximate surface area is 178 Å². The summed E-state index contributed by atoms with van der Waals surface area (Å²) in [4.78, 5) is 25.1. The van der Waals surface area contributed by atoms with Gasteiger partial charge in [-0.15, -0.1) is 0 Å². The van der Waals surface area contributed by atoms with Crippen molar-refractivity contribution in [1.29, 1.82) is 0 Å². The lowest BCUT2D eigenvalue weighted by Crippen LogP contribution is -2.38. The Bertz CT molecular complexity index is 905. The molecule has 1 amide bonds. The van der Waals surface area contributed by atoms with Crippen LogP contribution in [0, 0.1) is 9.39 Å². The minimum atomic E-state index is -4.88. The van der Waals surface area contributed by atoms with Crippen molar-refractivity contribution in [3.8, 4) is 0 Å². The van der Waals surface area contributed by atoms with Gasteiger partial charge in [0.15, 0.2) is 5.78 Å². The zero-order valence-electron chi connectivity index (χ0n) is 15.7. The smallest absolute Gasteiger partial charge is 0.419 e. The summed E-state index contributed by atoms with van der Waals surface area (Å²) in [7, 11) is 0. The van der Waals surface area contributed by atoms with Crippen molar-refractivity contribution >= 4 is 34.5 Å². The van der Waals surface area contributed by atoms with E-state index in [9.17, 15) is 27.2 Å². The lowest BCUT2D eigenvalue weighted by Gasteiger charge is -2.24. The molecule has 29 heavy (non-hydrogen) atoms. The van der Waals surface area contributed by atoms with Crippen LogP contribution in [0.2, 0.25) is 0 Å². The number of alkyl carbamates (subject to hydrolysis) is 1. The van der Waals surface area contributed by atoms with Crippen LogP contribution < -0.4 is 5.32 Å². The molecule has 0 saturated heterocycles. The molecule has 2 rings (SSSR count). The topological polar surface area (TPSA) is 55.4 Å². The molecule has 0 aliphatic carbocycles. The number of amides is 1. The number of alkyl halides is 3. The molecule has 0 aliphatic rings. The third kappa shape index (κ3) is 6.41. The van der Waals surface area contributed by atoms with Crippen LogP contribution in [0.25, 0.3) is 0 Å². The van der Waals surface area contributed by atoms with Crippen LogP contribution in [0.4, 0.5) is 22.4 Å². The molecular formula is C20H18F4INO3. The standard InChI is InChI=1S/C20H18F4INO3/c1-19(2,3)29-18(28)26-16(17(27)11-4-7-13(25)8-5-11)12-6-9-14(15(21)10-12)20(22,23)24/h4-10,16H,1-3H3,(H,26,28). The van der Waals surface area contributed by atoms with E-state index in [4.69, 9.17) is 4.74 Å². The van der Waals surface area contributed by atoms with Gasteiger partial charge >= 0.3 is 12.3 Å². The Morgan fingerprint density at radius 1 is 1.03 bits per heavy atom. The summed E-state index contributed by atoms with van der Waals surface area (Å²) in [6.45, 7) is 4.83. The largest absolute Gasteiger partial charge is 0.444 e. The maximum Gasteiger partial charge on any atom is 0.419 e. The van der Waals surface area contributed by atoms with Crippen molar-refractivity contribution in [1.82, 2.24) is 5.32 Å². The molecule has 4 nitrogen and oxygen atoms in total. The molecule has 0 aliphatic heterocycles. The molecule has 1 unspecified atom stereocenters. The molecule has 0 heterocycles. The van der Waals surface area contributed by atoms with Crippen LogP contribution in [-0.4, -0.2) is 17.5 Å². The number of carbonyl (C=O) groups excluding carboxylic acids is 2. The highest BCUT2D eigenvalue weighted by molar-refractivity contribution is 14.1. The molecule has 9 heteroatoms. The first-order valence-corrected chi connectivity index (χ1v) is 9.52. The van der Waals surface area contributed by atoms with Gasteiger partial charge in [0.25, 0.3) is 0 Å². The van der Waals surface area contributed by atoms with Gasteiger partial charge in [0.1, 0.15) is 17.5 Å². The van der Waals surface area contributed by atoms with Crippen LogP contribution in [0.5, 0.6) is 0 Å². The van der Waals surface area contributed by atoms with Crippen LogP contribution in [-0.2, 0) is 10.9 Å². The van der Waals surface area contributed by atoms with Crippen LogP contribution in [0.15, 0.2) is 42.5 Å². The number of hydrogen-bond acceptors (Lipinski definition) is 3. The SMILES string of the molecule is CC(C)(C)OC(=O)NC(C(=O)c1ccc(I)cc1)c1ccc(C(F)(F)F)c(F)c1. The number of rotatable bonds is 4. The summed E-state index contributed by atoms with van der Waals surface area (Å²) in [5.41, 5.74) is -2.26. The highest BCUT2D eigenvalue weighted by atomic mass is 127. The first kappa shape index (κ1) is 23.1. The molecule has 0 spiro atoms. The van der Waals surface area contributed by atoms with Gasteiger partial charge in [-0.05, 0) is 73.2 Å². The van der Waals surface area contributed by atoms with Crippen molar-refractivity contribution < 1.29 is 31.9 Å². The Balaban J connectivity index is 2.44. The second-order valence-corrected chi connectivity index (χ2v) is 8.43. The Morgan fingerprint density at radius 2 is 1.62 bits per heavy atom. The average Bonchev–Trinajstić information content (AvgIpc) is 2.57. The second kappa shape index (κ2) is 8.68. The van der Waals surface area contributed by atoms with E-state index in [0.29, 0.717) is 12.1 Å². The van der Waals surface area contributed by atoms with Crippen LogP contribution in [0.3, 0.4) is 0 Å². The normalized spacial score (nSPS) is 13.0. The summed E-state index contributed by atoms with van der Waals surface area (Å²) in [5.74, 6) is -2.16. The first-order chi connectivity index (χ1) is 13.3. The van der Waals surface area contributed by atoms with Crippen molar-refractivity contribution in [2.45, 2.75) is 38.6 Å². The van der Waals surface area contributed by atoms with Gasteiger partial charge in [0.05, 0.1) is 5.56 Å². The quantitative estimate of drug-likeness (QED) is 0.309. The van der Waals surface area contributed by atoms with Crippen molar-refractivity contribution in [3.05, 3.63) is 68.5 Å². The molecule has 0 saturated carbocycles. The number of Topliss-reactive ketones (excluding diaryl/α,β-unsaturated/α-hetero) is 1. The fourth-order valence-corrected chi connectivity index (χ4v) is 2.81. The maximum absolute atomic E-state index is 14.1. The molecule has 0 aromatic heterocycles. The fourth-order valence-electron chi connectivity index (χ4n) is 2.45. The van der Waals surface area contributed by atoms with E-state index in [-0.39, 0.29) is 11.1 Å². The lowest BCUT2D eigenvalue weighted by atomic mass is 9.96. The van der Waals surface area contributed by atoms with Crippen LogP contribution in [0.1, 0.15) is 48.3 Å². The van der Waals surface area contributed by atoms with Crippen LogP contribution >= 0.6 is 22.6 Å². The maximum atomic E-state index is 14.1. The third-order valence-corrected chi connectivity index (χ3v) is 4.40. The van der Waals surface area contributed by atoms with Gasteiger partial charge in [0, 0.05) is 9.13 Å². The molecule has 1 atom stereocenters. The number of benzene rings is 2. The summed E-state index contributed by atoms with van der Waals surface area (Å²) < 4.78 is 58.6. The molecule has 0 radical (unpaired) electrons. The second-order valence-electron chi connectivity index (χ2n) is 7.19. The zero-order valence-corrected chi connectivity index (χ0v) is 17.9. The highest BCUT2D eigenvalue weighted by Gasteiger charge is 2.35. The number of ketones is 1. The van der Waals surface area contributed by atoms with Crippen molar-refractivity contribution in [2.75, 3.05) is 0 Å². The van der Waals surface area contributed by atoms with Gasteiger partial charge in [-0.25, -0.2) is 9.18 Å². The van der Waals surface area contributed by atoms with Crippen molar-refractivity contribution in [3.63, 3.8) is 0 Å². The van der Waals surface area contributed by atoms with E-state index in [0.717, 1.165) is 9.64 Å². The minimum Gasteiger partial charge on any atom is -0.444 e. The van der Waals surface area contributed by atoms with Gasteiger partial charge in [-0.1, -0.05) is 18.2 Å². The van der Waals surface area contributed by atoms with Gasteiger partial charge < -0.3 is 10.1 Å². The van der Waals surface area contributed by atoms with Gasteiger partial charge in [0.2, 0.25) is 0 Å². The molecule has 2 aromatic carbocycles. The monoisotopic (exact) mass is 523 g/mol. The zero-order chi connectivity index (χ0) is 22.0. The summed E-state index contributed by atoms with van der Waals surface area (Å²) in [6, 6.07) is 6.99. The van der Waals surface area contributed by atoms with E-state index in [1.807, 2.05) is 22.6 Å². The predicted octanol–water partition coefficient (Wildman–Crippen LogP) is 5.90. The first-order valence-electron chi connectivity index (χ1n) is 8.44. The summed E-state index contributed by atoms with van der Waals surface area (Å²) >= 11 is 2.04. The van der Waals surface area contributed by atoms with E-state index >= 15 is 0 Å². The Morgan fingerprint density at radius 3 is 2.10 bits per heavy atom. The number of ether oxygens (including phenoxy) is 1. The highest BCUT2D eigenvalue weighted by Crippen LogP contribution is 2.33. The number of nitrogens with one attached hydrogen (secondary N) is 1. The van der Waals surface area contributed by atoms with Gasteiger partial charge in [-0.2, -0.15) is 13.2 Å². The molecular weight excluding hydrogens is 505 g/mol. The third-order valence-electron chi connectivity index (χ3n) is 3.68. The van der Waals surface area contributed by atoms with E-state index in [1.54, 1.807) is 32.9 Å². The fraction of sp³-hybridized carbons (Fsp3) is 0.300. The number of carbonyl (C=O) groups is 2. The summed E-state index contributed by atoms with van der Waals surface area (Å²) in [5, 5.41) is 2.33. The summed E-state index contributed by atoms with van der Waals surface area (Å²) in [6.07, 6.45) is -5.83. The van der Waals surface area contributed by atoms with E-state index in [2.05, 4.69) is 5.32 Å². The molecule has 0 bridgehead atoms. The molecule has 2 aromatic rings. The molecule has 156 valence electrons. The average molecular weight is 523 g/mol. The lowest BCUT2D eigenvalue weighted by molar-refractivity contribution is -0.140. The minimum absolute atomic E-state index is 0.134. The predicted molar refractivity (Wildman–Crippen MR) is 107 cm³/mol. The number of hydrogen-bond donors (Lipinski definition) is 1. The van der Waals surface area contributed by atoms with Crippen molar-refractivity contribution in [2.24, 2.45) is 0 Å². The van der Waals surface area contributed by atoms with E-state index in [1.165, 1.54) is 12.1 Å². The van der Waals surface area contributed by atoms with Gasteiger partial charge in [-0.3, -0.25) is 4.79 Å². The Hall–Kier alpha value is -2.17. The molecule has 1 N–H and O–H groups in total. The number of halogens is 5. The Kier molecular flexibility index (Phi) is 6.92.